The number of hydrogen-bond donors (Lipinski definition) is 1. The van der Waals surface area contributed by atoms with Crippen LogP contribution in [0.15, 0.2) is 39.8 Å². The van der Waals surface area contributed by atoms with E-state index in [-0.39, 0.29) is 26.0 Å². The van der Waals surface area contributed by atoms with Gasteiger partial charge in [0.1, 0.15) is 21.5 Å². The van der Waals surface area contributed by atoms with Crippen molar-refractivity contribution in [1.82, 2.24) is 4.98 Å². The van der Waals surface area contributed by atoms with E-state index in [4.69, 9.17) is 16.3 Å². The van der Waals surface area contributed by atoms with Gasteiger partial charge in [0.25, 0.3) is 15.7 Å². The molecule has 1 aromatic carbocycles. The number of nitrogens with one attached hydrogen (secondary N) is 1. The molecule has 0 atom stereocenters. The average Bonchev–Trinajstić information content (AvgIpc) is 2.49. The minimum atomic E-state index is -4.07. The van der Waals surface area contributed by atoms with Crippen LogP contribution in [0.5, 0.6) is 5.75 Å². The number of sulfonamides is 1. The fourth-order valence-electron chi connectivity index (χ4n) is 1.63. The number of ether oxygens (including phenoxy) is 1. The number of nitrogens with zero attached hydrogens (tertiary/aromatic N) is 2. The zero-order valence-corrected chi connectivity index (χ0v) is 14.6. The van der Waals surface area contributed by atoms with Gasteiger partial charge in [-0.3, -0.25) is 14.8 Å². The lowest BCUT2D eigenvalue weighted by atomic mass is 10.2. The van der Waals surface area contributed by atoms with E-state index in [9.17, 15) is 18.5 Å². The number of rotatable bonds is 5. The number of anilines is 1. The highest BCUT2D eigenvalue weighted by molar-refractivity contribution is 9.10. The van der Waals surface area contributed by atoms with Crippen molar-refractivity contribution in [2.75, 3.05) is 11.8 Å². The Morgan fingerprint density at radius 3 is 2.65 bits per heavy atom. The van der Waals surface area contributed by atoms with Crippen molar-refractivity contribution in [2.24, 2.45) is 0 Å². The summed E-state index contributed by atoms with van der Waals surface area (Å²) in [5, 5.41) is 11.2. The largest absolute Gasteiger partial charge is 0.496 e. The van der Waals surface area contributed by atoms with E-state index in [1.54, 1.807) is 0 Å². The number of aromatic nitrogens is 1. The maximum absolute atomic E-state index is 12.3. The molecule has 0 bridgehead atoms. The molecule has 0 aliphatic heterocycles. The number of hydrogen-bond acceptors (Lipinski definition) is 6. The normalized spacial score (nSPS) is 11.1. The standard InChI is InChI=1S/C12H9BrClN3O5S/c1-22-7-2-3-10(11(4-7)17(18)19)16-23(20,21)8-5-9(13)12(14)15-6-8/h2-6,16H,1H3. The summed E-state index contributed by atoms with van der Waals surface area (Å²) < 4.78 is 32.0. The zero-order valence-electron chi connectivity index (χ0n) is 11.5. The van der Waals surface area contributed by atoms with Crippen molar-refractivity contribution in [1.29, 1.82) is 0 Å². The fourth-order valence-corrected chi connectivity index (χ4v) is 3.28. The summed E-state index contributed by atoms with van der Waals surface area (Å²) in [7, 11) is -2.73. The number of pyridine rings is 1. The molecule has 1 heterocycles. The van der Waals surface area contributed by atoms with Crippen LogP contribution in [0.2, 0.25) is 5.15 Å². The number of halogens is 2. The molecule has 122 valence electrons. The molecule has 0 spiro atoms. The molecule has 0 aliphatic rings. The summed E-state index contributed by atoms with van der Waals surface area (Å²) in [5.74, 6) is 0.232. The molecule has 0 aliphatic carbocycles. The van der Waals surface area contributed by atoms with Gasteiger partial charge in [-0.15, -0.1) is 0 Å². The van der Waals surface area contributed by atoms with Crippen LogP contribution in [0.25, 0.3) is 0 Å². The molecule has 0 saturated carbocycles. The van der Waals surface area contributed by atoms with Gasteiger partial charge >= 0.3 is 0 Å². The third-order valence-electron chi connectivity index (χ3n) is 2.73. The van der Waals surface area contributed by atoms with E-state index in [1.807, 2.05) is 0 Å². The highest BCUT2D eigenvalue weighted by Crippen LogP contribution is 2.31. The van der Waals surface area contributed by atoms with E-state index >= 15 is 0 Å². The van der Waals surface area contributed by atoms with E-state index in [0.29, 0.717) is 0 Å². The summed E-state index contributed by atoms with van der Waals surface area (Å²) in [4.78, 5) is 13.9. The van der Waals surface area contributed by atoms with Gasteiger partial charge in [0, 0.05) is 6.20 Å². The van der Waals surface area contributed by atoms with Crippen LogP contribution in [0.4, 0.5) is 11.4 Å². The number of benzene rings is 1. The Morgan fingerprint density at radius 1 is 1.39 bits per heavy atom. The molecule has 1 aromatic heterocycles. The van der Waals surface area contributed by atoms with Crippen LogP contribution in [0.3, 0.4) is 0 Å². The van der Waals surface area contributed by atoms with Gasteiger partial charge in [-0.25, -0.2) is 13.4 Å². The molecule has 0 fully saturated rings. The topological polar surface area (TPSA) is 111 Å². The summed E-state index contributed by atoms with van der Waals surface area (Å²) in [6, 6.07) is 5.01. The van der Waals surface area contributed by atoms with E-state index in [2.05, 4.69) is 25.6 Å². The van der Waals surface area contributed by atoms with Gasteiger partial charge in [0.15, 0.2) is 0 Å². The zero-order chi connectivity index (χ0) is 17.2. The Kier molecular flexibility index (Phi) is 5.07. The summed E-state index contributed by atoms with van der Waals surface area (Å²) in [6.07, 6.45) is 1.05. The Bertz CT molecular complexity index is 875. The molecule has 8 nitrogen and oxygen atoms in total. The van der Waals surface area contributed by atoms with E-state index in [1.165, 1.54) is 25.3 Å². The third-order valence-corrected chi connectivity index (χ3v) is 5.19. The highest BCUT2D eigenvalue weighted by Gasteiger charge is 2.22. The smallest absolute Gasteiger partial charge is 0.297 e. The Morgan fingerprint density at radius 2 is 2.09 bits per heavy atom. The summed E-state index contributed by atoms with van der Waals surface area (Å²) >= 11 is 8.78. The molecule has 0 saturated heterocycles. The predicted molar refractivity (Wildman–Crippen MR) is 87.4 cm³/mol. The SMILES string of the molecule is COc1ccc(NS(=O)(=O)c2cnc(Cl)c(Br)c2)c([N+](=O)[O-])c1. The molecule has 2 aromatic rings. The Hall–Kier alpha value is -1.91. The molecule has 0 radical (unpaired) electrons. The molecule has 11 heteroatoms. The molecule has 0 unspecified atom stereocenters. The highest BCUT2D eigenvalue weighted by atomic mass is 79.9. The molecule has 0 amide bonds. The molecular weight excluding hydrogens is 414 g/mol. The quantitative estimate of drug-likeness (QED) is 0.450. The average molecular weight is 423 g/mol. The lowest BCUT2D eigenvalue weighted by Crippen LogP contribution is -2.14. The van der Waals surface area contributed by atoms with Crippen LogP contribution >= 0.6 is 27.5 Å². The summed E-state index contributed by atoms with van der Waals surface area (Å²) in [5.41, 5.74) is -0.629. The number of nitro groups is 1. The van der Waals surface area contributed by atoms with Gasteiger partial charge in [0.05, 0.1) is 22.6 Å². The van der Waals surface area contributed by atoms with Crippen molar-refractivity contribution in [3.8, 4) is 5.75 Å². The van der Waals surface area contributed by atoms with Crippen LogP contribution < -0.4 is 9.46 Å². The van der Waals surface area contributed by atoms with Crippen LogP contribution in [0, 0.1) is 10.1 Å². The van der Waals surface area contributed by atoms with Crippen LogP contribution in [-0.2, 0) is 10.0 Å². The lowest BCUT2D eigenvalue weighted by Gasteiger charge is -2.10. The van der Waals surface area contributed by atoms with Crippen LogP contribution in [-0.4, -0.2) is 25.4 Å². The maximum Gasteiger partial charge on any atom is 0.297 e. The first-order valence-electron chi connectivity index (χ1n) is 5.91. The first-order chi connectivity index (χ1) is 10.7. The second-order valence-corrected chi connectivity index (χ2v) is 7.08. The first-order valence-corrected chi connectivity index (χ1v) is 8.56. The maximum atomic E-state index is 12.3. The monoisotopic (exact) mass is 421 g/mol. The minimum Gasteiger partial charge on any atom is -0.496 e. The van der Waals surface area contributed by atoms with E-state index in [0.717, 1.165) is 12.3 Å². The Labute approximate surface area is 144 Å². The van der Waals surface area contributed by atoms with Crippen LogP contribution in [0.1, 0.15) is 0 Å². The van der Waals surface area contributed by atoms with Gasteiger partial charge in [-0.1, -0.05) is 11.6 Å². The van der Waals surface area contributed by atoms with E-state index < -0.39 is 20.6 Å². The fraction of sp³-hybridized carbons (Fsp3) is 0.0833. The minimum absolute atomic E-state index is 0.0966. The lowest BCUT2D eigenvalue weighted by molar-refractivity contribution is -0.384. The van der Waals surface area contributed by atoms with Crippen molar-refractivity contribution >= 4 is 48.9 Å². The Balaban J connectivity index is 2.44. The second-order valence-electron chi connectivity index (χ2n) is 4.19. The van der Waals surface area contributed by atoms with Crippen molar-refractivity contribution < 1.29 is 18.1 Å². The van der Waals surface area contributed by atoms with Crippen molar-refractivity contribution in [2.45, 2.75) is 4.90 Å². The van der Waals surface area contributed by atoms with Gasteiger partial charge < -0.3 is 4.74 Å². The molecular formula is C12H9BrClN3O5S. The van der Waals surface area contributed by atoms with Gasteiger partial charge in [-0.05, 0) is 34.1 Å². The van der Waals surface area contributed by atoms with Gasteiger partial charge in [0.2, 0.25) is 0 Å². The molecule has 2 rings (SSSR count). The number of methoxy groups -OCH3 is 1. The van der Waals surface area contributed by atoms with Gasteiger partial charge in [-0.2, -0.15) is 0 Å². The van der Waals surface area contributed by atoms with Crippen molar-refractivity contribution in [3.05, 3.63) is 50.2 Å². The third kappa shape index (κ3) is 3.89. The number of nitro benzene ring substituents is 1. The first kappa shape index (κ1) is 17.4. The second kappa shape index (κ2) is 6.69. The van der Waals surface area contributed by atoms with Crippen molar-refractivity contribution in [3.63, 3.8) is 0 Å². The molecule has 23 heavy (non-hydrogen) atoms. The molecule has 1 N–H and O–H groups in total. The summed E-state index contributed by atoms with van der Waals surface area (Å²) in [6.45, 7) is 0. The predicted octanol–water partition coefficient (Wildman–Crippen LogP) is 3.22.